The first-order valence-electron chi connectivity index (χ1n) is 5.02. The van der Waals surface area contributed by atoms with Crippen molar-refractivity contribution in [2.24, 2.45) is 0 Å². The van der Waals surface area contributed by atoms with Crippen LogP contribution >= 0.6 is 0 Å². The first-order valence-corrected chi connectivity index (χ1v) is 5.02. The Morgan fingerprint density at radius 1 is 1.40 bits per heavy atom. The van der Waals surface area contributed by atoms with Gasteiger partial charge < -0.3 is 0 Å². The number of hydrogen-bond donors (Lipinski definition) is 1. The first kappa shape index (κ1) is 9.71. The molecule has 0 atom stereocenters. The van der Waals surface area contributed by atoms with Crippen LogP contribution in [0.2, 0.25) is 0 Å². The van der Waals surface area contributed by atoms with Gasteiger partial charge in [0.15, 0.2) is 0 Å². The molecule has 2 heterocycles. The predicted octanol–water partition coefficient (Wildman–Crippen LogP) is 1.51. The van der Waals surface area contributed by atoms with Crippen LogP contribution in [0.25, 0.3) is 5.69 Å². The fourth-order valence-electron chi connectivity index (χ4n) is 1.53. The van der Waals surface area contributed by atoms with Crippen LogP contribution in [0.4, 0.5) is 0 Å². The van der Waals surface area contributed by atoms with Crippen molar-refractivity contribution in [3.63, 3.8) is 0 Å². The number of aromatic amines is 1. The van der Waals surface area contributed by atoms with Crippen LogP contribution in [-0.2, 0) is 6.42 Å². The lowest BCUT2D eigenvalue weighted by Crippen LogP contribution is -2.13. The third-order valence-electron chi connectivity index (χ3n) is 2.21. The molecular weight excluding hydrogens is 190 g/mol. The monoisotopic (exact) mass is 203 g/mol. The maximum absolute atomic E-state index is 11.6. The van der Waals surface area contributed by atoms with Crippen LogP contribution in [-0.4, -0.2) is 14.8 Å². The van der Waals surface area contributed by atoms with Crippen LogP contribution in [0, 0.1) is 0 Å². The molecule has 0 aromatic carbocycles. The van der Waals surface area contributed by atoms with E-state index in [1.54, 1.807) is 30.6 Å². The first-order chi connectivity index (χ1) is 7.31. The van der Waals surface area contributed by atoms with Gasteiger partial charge in [-0.15, -0.1) is 0 Å². The highest BCUT2D eigenvalue weighted by Crippen LogP contribution is 2.03. The van der Waals surface area contributed by atoms with Crippen molar-refractivity contribution in [3.05, 3.63) is 46.6 Å². The van der Waals surface area contributed by atoms with E-state index in [4.69, 9.17) is 0 Å². The molecule has 0 aliphatic carbocycles. The van der Waals surface area contributed by atoms with Crippen molar-refractivity contribution >= 4 is 0 Å². The van der Waals surface area contributed by atoms with Gasteiger partial charge in [0.1, 0.15) is 0 Å². The van der Waals surface area contributed by atoms with Gasteiger partial charge in [-0.3, -0.25) is 14.9 Å². The van der Waals surface area contributed by atoms with Crippen LogP contribution in [0.3, 0.4) is 0 Å². The lowest BCUT2D eigenvalue weighted by Gasteiger charge is -2.00. The summed E-state index contributed by atoms with van der Waals surface area (Å²) in [6, 6.07) is 5.24. The van der Waals surface area contributed by atoms with Crippen molar-refractivity contribution in [2.75, 3.05) is 0 Å². The summed E-state index contributed by atoms with van der Waals surface area (Å²) < 4.78 is 1.53. The van der Waals surface area contributed by atoms with Gasteiger partial charge in [0.25, 0.3) is 5.56 Å². The van der Waals surface area contributed by atoms with Gasteiger partial charge in [-0.05, 0) is 18.6 Å². The van der Waals surface area contributed by atoms with Crippen molar-refractivity contribution in [1.82, 2.24) is 14.8 Å². The maximum atomic E-state index is 11.6. The third-order valence-corrected chi connectivity index (χ3v) is 2.21. The second kappa shape index (κ2) is 4.13. The molecule has 0 aliphatic heterocycles. The summed E-state index contributed by atoms with van der Waals surface area (Å²) in [7, 11) is 0. The summed E-state index contributed by atoms with van der Waals surface area (Å²) in [4.78, 5) is 15.5. The zero-order chi connectivity index (χ0) is 10.7. The van der Waals surface area contributed by atoms with Gasteiger partial charge in [0, 0.05) is 24.2 Å². The third kappa shape index (κ3) is 1.98. The molecule has 0 amide bonds. The lowest BCUT2D eigenvalue weighted by molar-refractivity contribution is 0.792. The second-order valence-electron chi connectivity index (χ2n) is 3.41. The van der Waals surface area contributed by atoms with E-state index in [-0.39, 0.29) is 5.56 Å². The van der Waals surface area contributed by atoms with E-state index in [9.17, 15) is 4.79 Å². The minimum atomic E-state index is -0.0235. The highest BCUT2D eigenvalue weighted by Gasteiger charge is 2.03. The maximum Gasteiger partial charge on any atom is 0.271 e. The van der Waals surface area contributed by atoms with Crippen LogP contribution in [0.1, 0.15) is 19.0 Å². The second-order valence-corrected chi connectivity index (χ2v) is 3.41. The van der Waals surface area contributed by atoms with E-state index in [0.29, 0.717) is 0 Å². The predicted molar refractivity (Wildman–Crippen MR) is 58.2 cm³/mol. The Morgan fingerprint density at radius 2 is 2.13 bits per heavy atom. The average Bonchev–Trinajstić information content (AvgIpc) is 2.61. The Kier molecular flexibility index (Phi) is 2.67. The highest BCUT2D eigenvalue weighted by molar-refractivity contribution is 5.27. The molecule has 15 heavy (non-hydrogen) atoms. The molecule has 4 heteroatoms. The van der Waals surface area contributed by atoms with Gasteiger partial charge >= 0.3 is 0 Å². The summed E-state index contributed by atoms with van der Waals surface area (Å²) in [5, 5.41) is 3.08. The number of hydrogen-bond acceptors (Lipinski definition) is 2. The summed E-state index contributed by atoms with van der Waals surface area (Å²) >= 11 is 0. The summed E-state index contributed by atoms with van der Waals surface area (Å²) in [6.07, 6.45) is 5.26. The Labute approximate surface area is 87.6 Å². The molecule has 0 bridgehead atoms. The summed E-state index contributed by atoms with van der Waals surface area (Å²) in [5.74, 6) is 0. The molecule has 0 saturated heterocycles. The molecule has 4 nitrogen and oxygen atoms in total. The molecule has 0 radical (unpaired) electrons. The van der Waals surface area contributed by atoms with Crippen LogP contribution in [0.15, 0.2) is 35.4 Å². The Balaban J connectivity index is 2.41. The van der Waals surface area contributed by atoms with E-state index in [2.05, 4.69) is 17.0 Å². The smallest absolute Gasteiger partial charge is 0.271 e. The SMILES string of the molecule is CCCc1cc(=O)n(-c2ccncc2)[nH]1. The molecule has 0 spiro atoms. The van der Waals surface area contributed by atoms with Gasteiger partial charge in [-0.1, -0.05) is 13.3 Å². The van der Waals surface area contributed by atoms with Crippen molar-refractivity contribution < 1.29 is 0 Å². The summed E-state index contributed by atoms with van der Waals surface area (Å²) in [6.45, 7) is 2.09. The summed E-state index contributed by atoms with van der Waals surface area (Å²) in [5.41, 5.74) is 1.77. The van der Waals surface area contributed by atoms with Gasteiger partial charge in [-0.2, -0.15) is 0 Å². The number of aromatic nitrogens is 3. The standard InChI is InChI=1S/C11H13N3O/c1-2-3-9-8-11(15)14(13-9)10-4-6-12-7-5-10/h4-8,13H,2-3H2,1H3. The Bertz CT molecular complexity index is 484. The Hall–Kier alpha value is -1.84. The number of nitrogens with one attached hydrogen (secondary N) is 1. The zero-order valence-electron chi connectivity index (χ0n) is 8.60. The molecule has 2 rings (SSSR count). The van der Waals surface area contributed by atoms with Crippen molar-refractivity contribution in [2.45, 2.75) is 19.8 Å². The number of rotatable bonds is 3. The topological polar surface area (TPSA) is 50.7 Å². The fourth-order valence-corrected chi connectivity index (χ4v) is 1.53. The molecule has 0 unspecified atom stereocenters. The minimum Gasteiger partial charge on any atom is -0.295 e. The minimum absolute atomic E-state index is 0.0235. The van der Waals surface area contributed by atoms with Gasteiger partial charge in [0.2, 0.25) is 0 Å². The fraction of sp³-hybridized carbons (Fsp3) is 0.273. The molecule has 1 N–H and O–H groups in total. The number of H-pyrrole nitrogens is 1. The van der Waals surface area contributed by atoms with E-state index >= 15 is 0 Å². The van der Waals surface area contributed by atoms with E-state index < -0.39 is 0 Å². The number of nitrogens with zero attached hydrogens (tertiary/aromatic N) is 2. The van der Waals surface area contributed by atoms with E-state index in [1.807, 2.05) is 0 Å². The van der Waals surface area contributed by atoms with Crippen LogP contribution in [0.5, 0.6) is 0 Å². The largest absolute Gasteiger partial charge is 0.295 e. The van der Waals surface area contributed by atoms with Crippen LogP contribution < -0.4 is 5.56 Å². The van der Waals surface area contributed by atoms with Crippen molar-refractivity contribution in [1.29, 1.82) is 0 Å². The highest BCUT2D eigenvalue weighted by atomic mass is 16.1. The number of pyridine rings is 1. The molecule has 2 aromatic heterocycles. The quantitative estimate of drug-likeness (QED) is 0.822. The van der Waals surface area contributed by atoms with Gasteiger partial charge in [-0.25, -0.2) is 4.68 Å². The molecule has 0 aliphatic rings. The average molecular weight is 203 g/mol. The molecule has 78 valence electrons. The lowest BCUT2D eigenvalue weighted by atomic mass is 10.3. The van der Waals surface area contributed by atoms with E-state index in [1.165, 1.54) is 4.68 Å². The normalized spacial score (nSPS) is 10.5. The molecular formula is C11H13N3O. The zero-order valence-corrected chi connectivity index (χ0v) is 8.60. The number of aryl methyl sites for hydroxylation is 1. The van der Waals surface area contributed by atoms with Gasteiger partial charge in [0.05, 0.1) is 5.69 Å². The molecule has 0 saturated carbocycles. The van der Waals surface area contributed by atoms with Crippen molar-refractivity contribution in [3.8, 4) is 5.69 Å². The molecule has 0 fully saturated rings. The Morgan fingerprint density at radius 3 is 2.80 bits per heavy atom. The molecule has 2 aromatic rings. The van der Waals surface area contributed by atoms with E-state index in [0.717, 1.165) is 24.2 Å².